The zero-order valence-electron chi connectivity index (χ0n) is 17.3. The summed E-state index contributed by atoms with van der Waals surface area (Å²) in [6.45, 7) is -1.79. The quantitative estimate of drug-likeness (QED) is 0.159. The predicted molar refractivity (Wildman–Crippen MR) is 74.4 cm³/mol. The minimum atomic E-state index is -8.97. The zero-order chi connectivity index (χ0) is 33.6. The van der Waals surface area contributed by atoms with Crippen LogP contribution in [0.2, 0.25) is 0 Å². The first-order valence-corrected chi connectivity index (χ1v) is 10.1. The first-order chi connectivity index (χ1) is 16.7. The lowest BCUT2D eigenvalue weighted by Gasteiger charge is -2.45. The molecule has 0 aliphatic rings. The van der Waals surface area contributed by atoms with Crippen LogP contribution >= 0.6 is 7.92 Å². The van der Waals surface area contributed by atoms with Gasteiger partial charge in [0.25, 0.3) is 0 Å². The van der Waals surface area contributed by atoms with E-state index in [4.69, 9.17) is 0 Å². The van der Waals surface area contributed by atoms with Crippen molar-refractivity contribution in [2.75, 3.05) is 6.66 Å². The van der Waals surface area contributed by atoms with Crippen LogP contribution in [-0.4, -0.2) is 77.7 Å². The Morgan fingerprint density at radius 3 is 0.550 bits per heavy atom. The summed E-state index contributed by atoms with van der Waals surface area (Å²) in [5.41, 5.74) is -16.7. The van der Waals surface area contributed by atoms with Gasteiger partial charge in [0.1, 0.15) is 0 Å². The maximum absolute atomic E-state index is 13.8. The van der Waals surface area contributed by atoms with Crippen LogP contribution in [0.25, 0.3) is 0 Å². The number of alkyl halides is 26. The molecule has 40 heavy (non-hydrogen) atoms. The van der Waals surface area contributed by atoms with E-state index in [-0.39, 0.29) is 0 Å². The summed E-state index contributed by atoms with van der Waals surface area (Å²) in [5, 5.41) is 0. The molecule has 0 aromatic rings. The van der Waals surface area contributed by atoms with Gasteiger partial charge < -0.3 is 0 Å². The van der Waals surface area contributed by atoms with Gasteiger partial charge in [0.15, 0.2) is 0 Å². The van der Waals surface area contributed by atoms with Gasteiger partial charge in [-0.05, 0) is 6.66 Å². The molecule has 0 aromatic heterocycles. The molecule has 0 radical (unpaired) electrons. The van der Waals surface area contributed by atoms with Gasteiger partial charge >= 0.3 is 71.1 Å². The summed E-state index contributed by atoms with van der Waals surface area (Å²) in [7, 11) is -7.24. The Morgan fingerprint density at radius 1 is 0.250 bits per heavy atom. The highest BCUT2D eigenvalue weighted by Crippen LogP contribution is 2.75. The number of halogens is 26. The second-order valence-electron chi connectivity index (χ2n) is 7.23. The molecule has 242 valence electrons. The molecule has 0 aromatic carbocycles. The molecule has 0 saturated carbocycles. The topological polar surface area (TPSA) is 0 Å². The van der Waals surface area contributed by atoms with E-state index in [1.807, 2.05) is 0 Å². The Kier molecular flexibility index (Phi) is 8.98. The molecule has 0 amide bonds. The second kappa shape index (κ2) is 9.30. The average Bonchev–Trinajstić information content (AvgIpc) is 2.70. The van der Waals surface area contributed by atoms with E-state index >= 15 is 0 Å². The van der Waals surface area contributed by atoms with Gasteiger partial charge in [-0.3, -0.25) is 0 Å². The number of rotatable bonds is 10. The van der Waals surface area contributed by atoms with E-state index in [9.17, 15) is 114 Å². The van der Waals surface area contributed by atoms with E-state index in [1.165, 1.54) is 0 Å². The minimum Gasteiger partial charge on any atom is -0.194 e. The van der Waals surface area contributed by atoms with Crippen molar-refractivity contribution in [3.05, 3.63) is 0 Å². The largest absolute Gasteiger partial charge is 0.460 e. The Labute approximate surface area is 201 Å². The van der Waals surface area contributed by atoms with Crippen molar-refractivity contribution in [2.24, 2.45) is 0 Å². The van der Waals surface area contributed by atoms with Crippen molar-refractivity contribution in [1.82, 2.24) is 0 Å². The zero-order valence-corrected chi connectivity index (χ0v) is 18.2. The summed E-state index contributed by atoms with van der Waals surface area (Å²) in [6, 6.07) is 0. The van der Waals surface area contributed by atoms with Crippen LogP contribution in [0.5, 0.6) is 0 Å². The molecule has 0 saturated heterocycles. The van der Waals surface area contributed by atoms with Crippen molar-refractivity contribution >= 4 is 7.92 Å². The highest BCUT2D eigenvalue weighted by atomic mass is 31.1. The molecule has 0 heterocycles. The van der Waals surface area contributed by atoms with Crippen molar-refractivity contribution in [2.45, 2.75) is 71.1 Å². The van der Waals surface area contributed by atoms with Gasteiger partial charge in [-0.25, -0.2) is 0 Å². The number of hydrogen-bond donors (Lipinski definition) is 0. The van der Waals surface area contributed by atoms with E-state index in [2.05, 4.69) is 0 Å². The van der Waals surface area contributed by atoms with Crippen molar-refractivity contribution in [3.63, 3.8) is 0 Å². The molecular formula is C13H3F26P. The lowest BCUT2D eigenvalue weighted by Crippen LogP contribution is -2.72. The fourth-order valence-electron chi connectivity index (χ4n) is 2.12. The fourth-order valence-corrected chi connectivity index (χ4v) is 3.60. The lowest BCUT2D eigenvalue weighted by molar-refractivity contribution is -0.436. The minimum absolute atomic E-state index is 1.79. The summed E-state index contributed by atoms with van der Waals surface area (Å²) in [4.78, 5) is 0. The van der Waals surface area contributed by atoms with E-state index < -0.39 is 85.6 Å². The molecule has 0 rings (SSSR count). The van der Waals surface area contributed by atoms with Crippen molar-refractivity contribution in [3.8, 4) is 0 Å². The standard InChI is InChI=1S/C13H3F26P/c1-40(12(36,37)8(26,27)4(18,19)2(14,15)6(22,23)10(30,31)32)13(38,39)9(28,29)5(20,21)3(16,17)7(24,25)11(33,34)35/h1H3. The molecule has 0 aliphatic carbocycles. The fraction of sp³-hybridized carbons (Fsp3) is 1.00. The molecule has 0 unspecified atom stereocenters. The van der Waals surface area contributed by atoms with Crippen LogP contribution in [0.1, 0.15) is 0 Å². The van der Waals surface area contributed by atoms with E-state index in [1.54, 1.807) is 0 Å². The van der Waals surface area contributed by atoms with Crippen LogP contribution in [-0.2, 0) is 0 Å². The average molecular weight is 684 g/mol. The van der Waals surface area contributed by atoms with Gasteiger partial charge in [0.2, 0.25) is 0 Å². The molecular weight excluding hydrogens is 681 g/mol. The normalized spacial score (nSPS) is 17.1. The maximum Gasteiger partial charge on any atom is 0.460 e. The van der Waals surface area contributed by atoms with Gasteiger partial charge in [-0.15, -0.1) is 0 Å². The Balaban J connectivity index is 7.15. The van der Waals surface area contributed by atoms with E-state index in [0.29, 0.717) is 0 Å². The van der Waals surface area contributed by atoms with Gasteiger partial charge in [-0.2, -0.15) is 114 Å². The first kappa shape index (κ1) is 38.6. The van der Waals surface area contributed by atoms with Crippen LogP contribution in [0.15, 0.2) is 0 Å². The first-order valence-electron chi connectivity index (χ1n) is 8.31. The van der Waals surface area contributed by atoms with E-state index in [0.717, 1.165) is 0 Å². The highest BCUT2D eigenvalue weighted by molar-refractivity contribution is 7.59. The number of hydrogen-bond acceptors (Lipinski definition) is 0. The third-order valence-corrected chi connectivity index (χ3v) is 6.92. The molecule has 0 nitrogen and oxygen atoms in total. The van der Waals surface area contributed by atoms with Crippen LogP contribution in [0.4, 0.5) is 114 Å². The molecule has 0 aliphatic heterocycles. The molecule has 0 bridgehead atoms. The molecule has 0 spiro atoms. The summed E-state index contributed by atoms with van der Waals surface area (Å²) in [5.74, 6) is -70.3. The van der Waals surface area contributed by atoms with Gasteiger partial charge in [0.05, 0.1) is 7.92 Å². The molecule has 0 atom stereocenters. The Bertz CT molecular complexity index is 844. The van der Waals surface area contributed by atoms with Crippen molar-refractivity contribution in [1.29, 1.82) is 0 Å². The maximum atomic E-state index is 13.8. The highest BCUT2D eigenvalue weighted by Gasteiger charge is 2.95. The monoisotopic (exact) mass is 684 g/mol. The molecule has 0 fully saturated rings. The summed E-state index contributed by atoms with van der Waals surface area (Å²) in [6.07, 6.45) is -16.1. The Hall–Kier alpha value is -1.39. The van der Waals surface area contributed by atoms with Gasteiger partial charge in [-0.1, -0.05) is 0 Å². The molecule has 27 heteroatoms. The predicted octanol–water partition coefficient (Wildman–Crippen LogP) is 9.49. The summed E-state index contributed by atoms with van der Waals surface area (Å²) >= 11 is 0. The smallest absolute Gasteiger partial charge is 0.194 e. The van der Waals surface area contributed by atoms with Crippen LogP contribution in [0.3, 0.4) is 0 Å². The SMILES string of the molecule is CP(C(F)(F)C(F)(F)C(F)(F)C(F)(F)C(F)(F)C(F)(F)F)C(F)(F)C(F)(F)C(F)(F)C(F)(F)C(F)(F)C(F)(F)F. The van der Waals surface area contributed by atoms with Crippen LogP contribution in [0, 0.1) is 0 Å². The third-order valence-electron chi connectivity index (χ3n) is 4.68. The summed E-state index contributed by atoms with van der Waals surface area (Å²) < 4.78 is 338. The second-order valence-corrected chi connectivity index (χ2v) is 9.47. The molecule has 0 N–H and O–H groups in total. The van der Waals surface area contributed by atoms with Crippen LogP contribution < -0.4 is 0 Å². The Morgan fingerprint density at radius 2 is 0.400 bits per heavy atom. The van der Waals surface area contributed by atoms with Crippen molar-refractivity contribution < 1.29 is 114 Å². The lowest BCUT2D eigenvalue weighted by atomic mass is 9.98. The van der Waals surface area contributed by atoms with Gasteiger partial charge in [0, 0.05) is 0 Å². The third kappa shape index (κ3) is 4.59.